The SMILES string of the molecule is CC(C)Cc1nc(C(=O)Nc2cnn(CC3CCCO3)c2)cs1. The van der Waals surface area contributed by atoms with Crippen LogP contribution in [-0.2, 0) is 17.7 Å². The third-order valence-electron chi connectivity index (χ3n) is 3.67. The van der Waals surface area contributed by atoms with Gasteiger partial charge in [0.2, 0.25) is 0 Å². The average molecular weight is 334 g/mol. The molecule has 0 aromatic carbocycles. The van der Waals surface area contributed by atoms with Crippen molar-refractivity contribution in [1.82, 2.24) is 14.8 Å². The van der Waals surface area contributed by atoms with Gasteiger partial charge in [-0.15, -0.1) is 11.3 Å². The molecule has 1 atom stereocenters. The number of thiazole rings is 1. The van der Waals surface area contributed by atoms with E-state index in [0.29, 0.717) is 17.3 Å². The van der Waals surface area contributed by atoms with Gasteiger partial charge in [-0.25, -0.2) is 4.98 Å². The lowest BCUT2D eigenvalue weighted by molar-refractivity contribution is 0.0940. The van der Waals surface area contributed by atoms with Crippen molar-refractivity contribution in [3.05, 3.63) is 28.5 Å². The number of nitrogens with zero attached hydrogens (tertiary/aromatic N) is 3. The third-order valence-corrected chi connectivity index (χ3v) is 4.54. The Hall–Kier alpha value is -1.73. The summed E-state index contributed by atoms with van der Waals surface area (Å²) in [6.07, 6.45) is 6.80. The van der Waals surface area contributed by atoms with Crippen molar-refractivity contribution in [3.8, 4) is 0 Å². The first kappa shape index (κ1) is 16.1. The molecule has 0 saturated carbocycles. The smallest absolute Gasteiger partial charge is 0.275 e. The summed E-state index contributed by atoms with van der Waals surface area (Å²) in [5.41, 5.74) is 1.16. The van der Waals surface area contributed by atoms with Gasteiger partial charge in [0.05, 0.1) is 29.5 Å². The Kier molecular flexibility index (Phi) is 5.07. The molecule has 2 aromatic heterocycles. The topological polar surface area (TPSA) is 69.0 Å². The zero-order chi connectivity index (χ0) is 16.2. The summed E-state index contributed by atoms with van der Waals surface area (Å²) in [6.45, 7) is 5.84. The fourth-order valence-corrected chi connectivity index (χ4v) is 3.57. The molecule has 1 unspecified atom stereocenters. The van der Waals surface area contributed by atoms with Crippen molar-refractivity contribution < 1.29 is 9.53 Å². The van der Waals surface area contributed by atoms with Gasteiger partial charge in [0.15, 0.2) is 0 Å². The average Bonchev–Trinajstić information content (AvgIpc) is 3.21. The molecule has 2 aromatic rings. The predicted octanol–water partition coefficient (Wildman–Crippen LogP) is 2.97. The number of aromatic nitrogens is 3. The number of hydrogen-bond acceptors (Lipinski definition) is 5. The Labute approximate surface area is 139 Å². The molecule has 0 aliphatic carbocycles. The molecule has 124 valence electrons. The van der Waals surface area contributed by atoms with E-state index in [0.717, 1.165) is 37.4 Å². The highest BCUT2D eigenvalue weighted by Crippen LogP contribution is 2.17. The highest BCUT2D eigenvalue weighted by molar-refractivity contribution is 7.09. The van der Waals surface area contributed by atoms with Crippen molar-refractivity contribution in [2.75, 3.05) is 11.9 Å². The van der Waals surface area contributed by atoms with Gasteiger partial charge in [-0.1, -0.05) is 13.8 Å². The first-order valence-electron chi connectivity index (χ1n) is 8.00. The number of amides is 1. The molecule has 1 aliphatic heterocycles. The van der Waals surface area contributed by atoms with Gasteiger partial charge in [-0.2, -0.15) is 5.10 Å². The molecule has 1 amide bonds. The predicted molar refractivity (Wildman–Crippen MR) is 89.8 cm³/mol. The Bertz CT molecular complexity index is 659. The van der Waals surface area contributed by atoms with Gasteiger partial charge in [0.25, 0.3) is 5.91 Å². The normalized spacial score (nSPS) is 17.8. The summed E-state index contributed by atoms with van der Waals surface area (Å²) >= 11 is 1.53. The summed E-state index contributed by atoms with van der Waals surface area (Å²) in [7, 11) is 0. The van der Waals surface area contributed by atoms with Gasteiger partial charge < -0.3 is 10.1 Å². The number of rotatable bonds is 6. The highest BCUT2D eigenvalue weighted by Gasteiger charge is 2.17. The second kappa shape index (κ2) is 7.23. The van der Waals surface area contributed by atoms with E-state index < -0.39 is 0 Å². The van der Waals surface area contributed by atoms with Crippen LogP contribution in [0.25, 0.3) is 0 Å². The Morgan fingerprint density at radius 3 is 3.17 bits per heavy atom. The standard InChI is InChI=1S/C16H22N4O2S/c1-11(2)6-15-19-14(10-23-15)16(21)18-12-7-17-20(8-12)9-13-4-3-5-22-13/h7-8,10-11,13H,3-6,9H2,1-2H3,(H,18,21). The van der Waals surface area contributed by atoms with Gasteiger partial charge in [0, 0.05) is 24.6 Å². The monoisotopic (exact) mass is 334 g/mol. The van der Waals surface area contributed by atoms with Crippen molar-refractivity contribution in [2.24, 2.45) is 5.92 Å². The zero-order valence-corrected chi connectivity index (χ0v) is 14.3. The van der Waals surface area contributed by atoms with Crippen molar-refractivity contribution in [3.63, 3.8) is 0 Å². The number of carbonyl (C=O) groups is 1. The molecule has 3 heterocycles. The summed E-state index contributed by atoms with van der Waals surface area (Å²) in [4.78, 5) is 16.6. The van der Waals surface area contributed by atoms with Crippen LogP contribution in [0.5, 0.6) is 0 Å². The van der Waals surface area contributed by atoms with Gasteiger partial charge in [-0.3, -0.25) is 9.48 Å². The second-order valence-corrected chi connectivity index (χ2v) is 7.21. The van der Waals surface area contributed by atoms with Gasteiger partial charge in [0.1, 0.15) is 5.69 Å². The zero-order valence-electron chi connectivity index (χ0n) is 13.5. The van der Waals surface area contributed by atoms with E-state index >= 15 is 0 Å². The van der Waals surface area contributed by atoms with Crippen molar-refractivity contribution in [2.45, 2.75) is 45.8 Å². The number of nitrogens with one attached hydrogen (secondary N) is 1. The first-order valence-corrected chi connectivity index (χ1v) is 8.88. The van der Waals surface area contributed by atoms with Crippen LogP contribution in [0.3, 0.4) is 0 Å². The lowest BCUT2D eigenvalue weighted by Crippen LogP contribution is -2.15. The Morgan fingerprint density at radius 1 is 1.57 bits per heavy atom. The van der Waals surface area contributed by atoms with Crippen LogP contribution in [0.1, 0.15) is 42.2 Å². The van der Waals surface area contributed by atoms with E-state index in [4.69, 9.17) is 4.74 Å². The minimum absolute atomic E-state index is 0.187. The molecular formula is C16H22N4O2S. The lowest BCUT2D eigenvalue weighted by Gasteiger charge is -2.08. The minimum Gasteiger partial charge on any atom is -0.376 e. The highest BCUT2D eigenvalue weighted by atomic mass is 32.1. The van der Waals surface area contributed by atoms with Crippen molar-refractivity contribution >= 4 is 22.9 Å². The fraction of sp³-hybridized carbons (Fsp3) is 0.562. The summed E-state index contributed by atoms with van der Waals surface area (Å²) in [5.74, 6) is 0.348. The molecule has 0 radical (unpaired) electrons. The summed E-state index contributed by atoms with van der Waals surface area (Å²) < 4.78 is 7.41. The van der Waals surface area contributed by atoms with E-state index in [9.17, 15) is 4.79 Å². The molecule has 0 spiro atoms. The number of carbonyl (C=O) groups excluding carboxylic acids is 1. The number of anilines is 1. The second-order valence-electron chi connectivity index (χ2n) is 6.26. The molecule has 0 bridgehead atoms. The van der Waals surface area contributed by atoms with Crippen LogP contribution < -0.4 is 5.32 Å². The van der Waals surface area contributed by atoms with Crippen LogP contribution in [-0.4, -0.2) is 33.4 Å². The molecular weight excluding hydrogens is 312 g/mol. The maximum Gasteiger partial charge on any atom is 0.275 e. The molecule has 23 heavy (non-hydrogen) atoms. The largest absolute Gasteiger partial charge is 0.376 e. The molecule has 1 saturated heterocycles. The first-order chi connectivity index (χ1) is 11.1. The van der Waals surface area contributed by atoms with Gasteiger partial charge >= 0.3 is 0 Å². The molecule has 1 N–H and O–H groups in total. The van der Waals surface area contributed by atoms with E-state index in [-0.39, 0.29) is 12.0 Å². The number of ether oxygens (including phenoxy) is 1. The van der Waals surface area contributed by atoms with Crippen LogP contribution in [0.2, 0.25) is 0 Å². The quantitative estimate of drug-likeness (QED) is 0.882. The van der Waals surface area contributed by atoms with Crippen LogP contribution in [0.4, 0.5) is 5.69 Å². The van der Waals surface area contributed by atoms with Crippen LogP contribution in [0.15, 0.2) is 17.8 Å². The van der Waals surface area contributed by atoms with Crippen LogP contribution >= 0.6 is 11.3 Å². The lowest BCUT2D eigenvalue weighted by atomic mass is 10.1. The van der Waals surface area contributed by atoms with E-state index in [1.807, 2.05) is 16.3 Å². The maximum atomic E-state index is 12.2. The van der Waals surface area contributed by atoms with Crippen molar-refractivity contribution in [1.29, 1.82) is 0 Å². The third kappa shape index (κ3) is 4.39. The Balaban J connectivity index is 1.57. The van der Waals surface area contributed by atoms with E-state index in [2.05, 4.69) is 29.2 Å². The maximum absolute atomic E-state index is 12.2. The van der Waals surface area contributed by atoms with E-state index in [1.54, 1.807) is 6.20 Å². The fourth-order valence-electron chi connectivity index (χ4n) is 2.58. The minimum atomic E-state index is -0.187. The number of hydrogen-bond donors (Lipinski definition) is 1. The molecule has 3 rings (SSSR count). The van der Waals surface area contributed by atoms with Gasteiger partial charge in [-0.05, 0) is 18.8 Å². The molecule has 1 fully saturated rings. The Morgan fingerprint density at radius 2 is 2.43 bits per heavy atom. The molecule has 7 heteroatoms. The molecule has 1 aliphatic rings. The summed E-state index contributed by atoms with van der Waals surface area (Å²) in [5, 5.41) is 9.94. The van der Waals surface area contributed by atoms with E-state index in [1.165, 1.54) is 11.3 Å². The summed E-state index contributed by atoms with van der Waals surface area (Å²) in [6, 6.07) is 0. The van der Waals surface area contributed by atoms with Crippen LogP contribution in [0, 0.1) is 5.92 Å². The molecule has 6 nitrogen and oxygen atoms in total.